The fraction of sp³-hybridized carbons (Fsp3) is 0.667. The van der Waals surface area contributed by atoms with Gasteiger partial charge in [-0.2, -0.15) is 0 Å². The average Bonchev–Trinajstić information content (AvgIpc) is 2.37. The van der Waals surface area contributed by atoms with Crippen molar-refractivity contribution in [1.29, 1.82) is 0 Å². The molecule has 1 fully saturated rings. The van der Waals surface area contributed by atoms with Crippen LogP contribution in [0.2, 0.25) is 0 Å². The van der Waals surface area contributed by atoms with Gasteiger partial charge in [0.15, 0.2) is 0 Å². The highest BCUT2D eigenvalue weighted by atomic mass is 15.3. The van der Waals surface area contributed by atoms with Gasteiger partial charge in [-0.05, 0) is 31.2 Å². The van der Waals surface area contributed by atoms with Crippen LogP contribution in [0.4, 0.5) is 0 Å². The van der Waals surface area contributed by atoms with E-state index in [0.29, 0.717) is 11.5 Å². The molecule has 0 radical (unpaired) electrons. The predicted octanol–water partition coefficient (Wildman–Crippen LogP) is 3.85. The van der Waals surface area contributed by atoms with E-state index in [0.717, 1.165) is 19.6 Å². The standard InChI is InChI=1S/C18H30N2/c1-17(2,3)14-18(4,5)20-12-11-19-13-16(20)15-9-7-6-8-10-15/h6-10,16,19H,11-14H2,1-5H3. The first kappa shape index (κ1) is 15.5. The first-order valence-electron chi connectivity index (χ1n) is 7.82. The highest BCUT2D eigenvalue weighted by Gasteiger charge is 2.37. The molecule has 20 heavy (non-hydrogen) atoms. The van der Waals surface area contributed by atoms with Crippen molar-refractivity contribution >= 4 is 0 Å². The predicted molar refractivity (Wildman–Crippen MR) is 86.9 cm³/mol. The van der Waals surface area contributed by atoms with Gasteiger partial charge in [-0.25, -0.2) is 0 Å². The molecule has 0 aromatic heterocycles. The highest BCUT2D eigenvalue weighted by Crippen LogP contribution is 2.36. The number of hydrogen-bond donors (Lipinski definition) is 1. The number of hydrogen-bond acceptors (Lipinski definition) is 2. The molecular weight excluding hydrogens is 244 g/mol. The van der Waals surface area contributed by atoms with Gasteiger partial charge in [0.05, 0.1) is 0 Å². The monoisotopic (exact) mass is 274 g/mol. The quantitative estimate of drug-likeness (QED) is 0.900. The zero-order valence-electron chi connectivity index (χ0n) is 13.7. The van der Waals surface area contributed by atoms with Gasteiger partial charge in [0.1, 0.15) is 0 Å². The summed E-state index contributed by atoms with van der Waals surface area (Å²) < 4.78 is 0. The molecule has 2 rings (SSSR count). The maximum absolute atomic E-state index is 3.56. The summed E-state index contributed by atoms with van der Waals surface area (Å²) in [5.41, 5.74) is 2.01. The molecule has 1 aliphatic rings. The molecule has 0 amide bonds. The Hall–Kier alpha value is -0.860. The first-order valence-corrected chi connectivity index (χ1v) is 7.82. The van der Waals surface area contributed by atoms with E-state index in [1.807, 2.05) is 0 Å². The summed E-state index contributed by atoms with van der Waals surface area (Å²) in [6.45, 7) is 15.1. The van der Waals surface area contributed by atoms with Crippen molar-refractivity contribution in [2.24, 2.45) is 5.41 Å². The summed E-state index contributed by atoms with van der Waals surface area (Å²) in [6, 6.07) is 11.4. The van der Waals surface area contributed by atoms with Crippen LogP contribution in [-0.4, -0.2) is 30.1 Å². The molecule has 112 valence electrons. The SMILES string of the molecule is CC(C)(C)CC(C)(C)N1CCNCC1c1ccccc1. The van der Waals surface area contributed by atoms with Crippen molar-refractivity contribution in [3.05, 3.63) is 35.9 Å². The van der Waals surface area contributed by atoms with Crippen LogP contribution in [0.5, 0.6) is 0 Å². The van der Waals surface area contributed by atoms with E-state index >= 15 is 0 Å². The Morgan fingerprint density at radius 3 is 2.35 bits per heavy atom. The second-order valence-electron chi connectivity index (χ2n) is 7.87. The van der Waals surface area contributed by atoms with E-state index in [-0.39, 0.29) is 5.54 Å². The van der Waals surface area contributed by atoms with E-state index in [9.17, 15) is 0 Å². The molecule has 1 heterocycles. The molecular formula is C18H30N2. The normalized spacial score (nSPS) is 21.9. The Bertz CT molecular complexity index is 417. The molecule has 1 saturated heterocycles. The van der Waals surface area contributed by atoms with Crippen LogP contribution in [0.3, 0.4) is 0 Å². The van der Waals surface area contributed by atoms with Crippen LogP contribution in [0, 0.1) is 5.41 Å². The lowest BCUT2D eigenvalue weighted by molar-refractivity contribution is 0.0208. The topological polar surface area (TPSA) is 15.3 Å². The minimum absolute atomic E-state index is 0.223. The zero-order valence-corrected chi connectivity index (χ0v) is 13.7. The van der Waals surface area contributed by atoms with Crippen LogP contribution in [0.1, 0.15) is 52.6 Å². The number of benzene rings is 1. The fourth-order valence-electron chi connectivity index (χ4n) is 3.80. The van der Waals surface area contributed by atoms with Crippen LogP contribution >= 0.6 is 0 Å². The van der Waals surface area contributed by atoms with E-state index in [1.165, 1.54) is 12.0 Å². The lowest BCUT2D eigenvalue weighted by atomic mass is 9.79. The van der Waals surface area contributed by atoms with E-state index < -0.39 is 0 Å². The second-order valence-corrected chi connectivity index (χ2v) is 7.87. The van der Waals surface area contributed by atoms with Gasteiger partial charge in [0.2, 0.25) is 0 Å². The van der Waals surface area contributed by atoms with Crippen LogP contribution in [-0.2, 0) is 0 Å². The van der Waals surface area contributed by atoms with Gasteiger partial charge >= 0.3 is 0 Å². The molecule has 2 nitrogen and oxygen atoms in total. The molecule has 0 bridgehead atoms. The summed E-state index contributed by atoms with van der Waals surface area (Å²) in [4.78, 5) is 2.70. The molecule has 0 aliphatic carbocycles. The molecule has 0 saturated carbocycles. The number of piperazine rings is 1. The van der Waals surface area contributed by atoms with Gasteiger partial charge in [-0.15, -0.1) is 0 Å². The largest absolute Gasteiger partial charge is 0.314 e. The Labute approximate surface area is 124 Å². The molecule has 1 atom stereocenters. The van der Waals surface area contributed by atoms with E-state index in [4.69, 9.17) is 0 Å². The van der Waals surface area contributed by atoms with Gasteiger partial charge < -0.3 is 5.32 Å². The molecule has 1 aromatic rings. The Morgan fingerprint density at radius 1 is 1.10 bits per heavy atom. The third-order valence-electron chi connectivity index (χ3n) is 4.17. The first-order chi connectivity index (χ1) is 9.30. The van der Waals surface area contributed by atoms with Crippen molar-refractivity contribution in [2.45, 2.75) is 52.6 Å². The molecule has 1 unspecified atom stereocenters. The Morgan fingerprint density at radius 2 is 1.75 bits per heavy atom. The third kappa shape index (κ3) is 3.83. The van der Waals surface area contributed by atoms with E-state index in [1.54, 1.807) is 0 Å². The summed E-state index contributed by atoms with van der Waals surface area (Å²) in [6.07, 6.45) is 1.21. The van der Waals surface area contributed by atoms with Gasteiger partial charge in [-0.3, -0.25) is 4.90 Å². The number of nitrogens with zero attached hydrogens (tertiary/aromatic N) is 1. The summed E-state index contributed by atoms with van der Waals surface area (Å²) in [5, 5.41) is 3.56. The van der Waals surface area contributed by atoms with Crippen molar-refractivity contribution in [3.8, 4) is 0 Å². The van der Waals surface area contributed by atoms with Gasteiger partial charge in [-0.1, -0.05) is 51.1 Å². The lowest BCUT2D eigenvalue weighted by Gasteiger charge is -2.49. The van der Waals surface area contributed by atoms with Crippen molar-refractivity contribution in [3.63, 3.8) is 0 Å². The minimum Gasteiger partial charge on any atom is -0.314 e. The summed E-state index contributed by atoms with van der Waals surface area (Å²) in [7, 11) is 0. The van der Waals surface area contributed by atoms with Gasteiger partial charge in [0.25, 0.3) is 0 Å². The lowest BCUT2D eigenvalue weighted by Crippen LogP contribution is -2.56. The Kier molecular flexibility index (Phi) is 4.55. The van der Waals surface area contributed by atoms with Crippen LogP contribution in [0.15, 0.2) is 30.3 Å². The fourth-order valence-corrected chi connectivity index (χ4v) is 3.80. The molecule has 1 aromatic carbocycles. The maximum Gasteiger partial charge on any atom is 0.0478 e. The van der Waals surface area contributed by atoms with Crippen molar-refractivity contribution in [1.82, 2.24) is 10.2 Å². The Balaban J connectivity index is 2.23. The average molecular weight is 274 g/mol. The van der Waals surface area contributed by atoms with Crippen molar-refractivity contribution < 1.29 is 0 Å². The van der Waals surface area contributed by atoms with E-state index in [2.05, 4.69) is 75.2 Å². The van der Waals surface area contributed by atoms with Crippen LogP contribution in [0.25, 0.3) is 0 Å². The molecule has 2 heteroatoms. The van der Waals surface area contributed by atoms with Crippen LogP contribution < -0.4 is 5.32 Å². The third-order valence-corrected chi connectivity index (χ3v) is 4.17. The molecule has 1 N–H and O–H groups in total. The highest BCUT2D eigenvalue weighted by molar-refractivity contribution is 5.21. The summed E-state index contributed by atoms with van der Waals surface area (Å²) >= 11 is 0. The van der Waals surface area contributed by atoms with Crippen molar-refractivity contribution in [2.75, 3.05) is 19.6 Å². The second kappa shape index (κ2) is 5.87. The minimum atomic E-state index is 0.223. The smallest absolute Gasteiger partial charge is 0.0478 e. The maximum atomic E-state index is 3.56. The number of rotatable bonds is 3. The van der Waals surface area contributed by atoms with Gasteiger partial charge in [0, 0.05) is 31.2 Å². The number of nitrogens with one attached hydrogen (secondary N) is 1. The molecule has 0 spiro atoms. The molecule has 1 aliphatic heterocycles. The zero-order chi connectivity index (χ0) is 14.8. The summed E-state index contributed by atoms with van der Waals surface area (Å²) in [5.74, 6) is 0.